The molecule has 1 aromatic carbocycles. The average Bonchev–Trinajstić information content (AvgIpc) is 2.44. The van der Waals surface area contributed by atoms with Crippen LogP contribution in [0.3, 0.4) is 0 Å². The number of hydrogen-bond acceptors (Lipinski definition) is 4. The topological polar surface area (TPSA) is 64.6 Å². The third-order valence-corrected chi connectivity index (χ3v) is 2.77. The fourth-order valence-corrected chi connectivity index (χ4v) is 1.78. The van der Waals surface area contributed by atoms with Crippen molar-refractivity contribution in [2.45, 2.75) is 39.3 Å². The summed E-state index contributed by atoms with van der Waals surface area (Å²) < 4.78 is 9.89. The number of esters is 1. The van der Waals surface area contributed by atoms with Gasteiger partial charge in [-0.05, 0) is 44.9 Å². The monoisotopic (exact) mass is 305 g/mol. The van der Waals surface area contributed by atoms with Gasteiger partial charge in [-0.3, -0.25) is 0 Å². The van der Waals surface area contributed by atoms with E-state index in [1.165, 1.54) is 7.11 Å². The number of amides is 1. The Hall–Kier alpha value is -2.30. The van der Waals surface area contributed by atoms with E-state index in [-0.39, 0.29) is 0 Å². The molecule has 22 heavy (non-hydrogen) atoms. The molecule has 120 valence electrons. The predicted octanol–water partition coefficient (Wildman–Crippen LogP) is 3.16. The fraction of sp³-hybridized carbons (Fsp3) is 0.412. The molecule has 1 atom stereocenters. The normalized spacial score (nSPS) is 13.2. The van der Waals surface area contributed by atoms with Gasteiger partial charge >= 0.3 is 12.1 Å². The zero-order valence-corrected chi connectivity index (χ0v) is 13.7. The highest BCUT2D eigenvalue weighted by atomic mass is 16.6. The third kappa shape index (κ3) is 5.99. The Morgan fingerprint density at radius 2 is 1.77 bits per heavy atom. The maximum Gasteiger partial charge on any atom is 0.408 e. The minimum atomic E-state index is -0.903. The SMILES string of the molecule is COC(=O)C(/C=C(\C)c1ccccc1)NC(=O)OC(C)(C)C. The van der Waals surface area contributed by atoms with Gasteiger partial charge in [-0.1, -0.05) is 30.3 Å². The molecule has 0 aliphatic carbocycles. The molecule has 0 aliphatic rings. The Morgan fingerprint density at radius 3 is 2.27 bits per heavy atom. The number of nitrogens with one attached hydrogen (secondary N) is 1. The lowest BCUT2D eigenvalue weighted by atomic mass is 10.1. The van der Waals surface area contributed by atoms with Gasteiger partial charge in [-0.2, -0.15) is 0 Å². The van der Waals surface area contributed by atoms with Crippen molar-refractivity contribution in [2.24, 2.45) is 0 Å². The van der Waals surface area contributed by atoms with E-state index in [0.717, 1.165) is 11.1 Å². The van der Waals surface area contributed by atoms with E-state index in [1.54, 1.807) is 26.8 Å². The average molecular weight is 305 g/mol. The molecule has 0 radical (unpaired) electrons. The minimum absolute atomic E-state index is 0.554. The van der Waals surface area contributed by atoms with Gasteiger partial charge in [-0.15, -0.1) is 0 Å². The standard InChI is InChI=1S/C17H23NO4/c1-12(13-9-7-6-8-10-13)11-14(15(19)21-5)18-16(20)22-17(2,3)4/h6-11,14H,1-5H3,(H,18,20)/b12-11+. The summed E-state index contributed by atoms with van der Waals surface area (Å²) in [5, 5.41) is 2.51. The molecule has 0 aromatic heterocycles. The molecule has 0 aliphatic heterocycles. The second kappa shape index (κ2) is 7.64. The van der Waals surface area contributed by atoms with Crippen LogP contribution < -0.4 is 5.32 Å². The highest BCUT2D eigenvalue weighted by molar-refractivity contribution is 5.85. The highest BCUT2D eigenvalue weighted by Gasteiger charge is 2.23. The Morgan fingerprint density at radius 1 is 1.18 bits per heavy atom. The molecule has 5 heteroatoms. The van der Waals surface area contributed by atoms with Crippen molar-refractivity contribution in [3.05, 3.63) is 42.0 Å². The van der Waals surface area contributed by atoms with Crippen molar-refractivity contribution >= 4 is 17.6 Å². The van der Waals surface area contributed by atoms with E-state index in [1.807, 2.05) is 37.3 Å². The van der Waals surface area contributed by atoms with Gasteiger partial charge in [0.15, 0.2) is 0 Å². The van der Waals surface area contributed by atoms with Gasteiger partial charge in [0.05, 0.1) is 7.11 Å². The lowest BCUT2D eigenvalue weighted by Gasteiger charge is -2.21. The first-order chi connectivity index (χ1) is 10.2. The molecule has 0 fully saturated rings. The lowest BCUT2D eigenvalue weighted by molar-refractivity contribution is -0.141. The summed E-state index contributed by atoms with van der Waals surface area (Å²) in [6, 6.07) is 8.66. The van der Waals surface area contributed by atoms with Crippen molar-refractivity contribution in [2.75, 3.05) is 7.11 Å². The summed E-state index contributed by atoms with van der Waals surface area (Å²) in [5.74, 6) is -0.554. The molecule has 1 rings (SSSR count). The van der Waals surface area contributed by atoms with Crippen molar-refractivity contribution in [1.82, 2.24) is 5.32 Å². The molecule has 1 N–H and O–H groups in total. The first-order valence-electron chi connectivity index (χ1n) is 7.04. The van der Waals surface area contributed by atoms with Gasteiger partial charge in [-0.25, -0.2) is 9.59 Å². The summed E-state index contributed by atoms with van der Waals surface area (Å²) in [6.07, 6.45) is 0.977. The molecule has 1 amide bonds. The first-order valence-corrected chi connectivity index (χ1v) is 7.04. The number of rotatable bonds is 4. The van der Waals surface area contributed by atoms with Crippen molar-refractivity contribution < 1.29 is 19.1 Å². The van der Waals surface area contributed by atoms with Crippen LogP contribution in [0.2, 0.25) is 0 Å². The van der Waals surface area contributed by atoms with Gasteiger partial charge in [0.25, 0.3) is 0 Å². The summed E-state index contributed by atoms with van der Waals surface area (Å²) in [7, 11) is 1.28. The molecule has 0 heterocycles. The number of benzene rings is 1. The van der Waals surface area contributed by atoms with Gasteiger partial charge in [0.1, 0.15) is 11.6 Å². The highest BCUT2D eigenvalue weighted by Crippen LogP contribution is 2.14. The second-order valence-electron chi connectivity index (χ2n) is 5.86. The van der Waals surface area contributed by atoms with Gasteiger partial charge < -0.3 is 14.8 Å². The fourth-order valence-electron chi connectivity index (χ4n) is 1.78. The van der Waals surface area contributed by atoms with Gasteiger partial charge in [0, 0.05) is 0 Å². The van der Waals surface area contributed by atoms with E-state index >= 15 is 0 Å². The molecule has 1 aromatic rings. The quantitative estimate of drug-likeness (QED) is 0.868. The number of methoxy groups -OCH3 is 1. The second-order valence-corrected chi connectivity index (χ2v) is 5.86. The maximum atomic E-state index is 11.8. The number of alkyl carbamates (subject to hydrolysis) is 1. The number of carbonyl (C=O) groups excluding carboxylic acids is 2. The summed E-state index contributed by atoms with van der Waals surface area (Å²) >= 11 is 0. The van der Waals surface area contributed by atoms with E-state index in [2.05, 4.69) is 5.32 Å². The summed E-state index contributed by atoms with van der Waals surface area (Å²) in [6.45, 7) is 7.13. The van der Waals surface area contributed by atoms with Crippen LogP contribution >= 0.6 is 0 Å². The molecular formula is C17H23NO4. The maximum absolute atomic E-state index is 11.8. The van der Waals surface area contributed by atoms with E-state index in [9.17, 15) is 9.59 Å². The van der Waals surface area contributed by atoms with Gasteiger partial charge in [0.2, 0.25) is 0 Å². The number of carbonyl (C=O) groups is 2. The Bertz CT molecular complexity index is 544. The lowest BCUT2D eigenvalue weighted by Crippen LogP contribution is -2.43. The smallest absolute Gasteiger partial charge is 0.408 e. The first kappa shape index (κ1) is 17.8. The van der Waals surface area contributed by atoms with E-state index in [4.69, 9.17) is 9.47 Å². The Kier molecular flexibility index (Phi) is 6.16. The molecule has 5 nitrogen and oxygen atoms in total. The number of allylic oxidation sites excluding steroid dienone is 1. The largest absolute Gasteiger partial charge is 0.467 e. The molecule has 0 bridgehead atoms. The number of ether oxygens (including phenoxy) is 2. The zero-order chi connectivity index (χ0) is 16.8. The van der Waals surface area contributed by atoms with Crippen LogP contribution in [0.5, 0.6) is 0 Å². The van der Waals surface area contributed by atoms with E-state index < -0.39 is 23.7 Å². The zero-order valence-electron chi connectivity index (χ0n) is 13.7. The molecule has 0 saturated heterocycles. The molecule has 1 unspecified atom stereocenters. The van der Waals surface area contributed by atoms with Crippen LogP contribution in [0.1, 0.15) is 33.3 Å². The minimum Gasteiger partial charge on any atom is -0.467 e. The molecule has 0 spiro atoms. The van der Waals surface area contributed by atoms with Crippen LogP contribution in [-0.4, -0.2) is 30.8 Å². The van der Waals surface area contributed by atoms with Crippen LogP contribution in [0.25, 0.3) is 5.57 Å². The third-order valence-electron chi connectivity index (χ3n) is 2.77. The number of hydrogen-bond donors (Lipinski definition) is 1. The van der Waals surface area contributed by atoms with Crippen LogP contribution in [0, 0.1) is 0 Å². The molecular weight excluding hydrogens is 282 g/mol. The van der Waals surface area contributed by atoms with Crippen molar-refractivity contribution in [3.8, 4) is 0 Å². The van der Waals surface area contributed by atoms with Crippen LogP contribution in [-0.2, 0) is 14.3 Å². The molecule has 0 saturated carbocycles. The van der Waals surface area contributed by atoms with Crippen LogP contribution in [0.15, 0.2) is 36.4 Å². The Balaban J connectivity index is 2.90. The van der Waals surface area contributed by atoms with Crippen molar-refractivity contribution in [3.63, 3.8) is 0 Å². The predicted molar refractivity (Wildman–Crippen MR) is 85.3 cm³/mol. The summed E-state index contributed by atoms with van der Waals surface area (Å²) in [4.78, 5) is 23.7. The van der Waals surface area contributed by atoms with E-state index in [0.29, 0.717) is 0 Å². The van der Waals surface area contributed by atoms with Crippen LogP contribution in [0.4, 0.5) is 4.79 Å². The van der Waals surface area contributed by atoms with Crippen molar-refractivity contribution in [1.29, 1.82) is 0 Å². The Labute approximate surface area is 131 Å². The summed E-state index contributed by atoms with van der Waals surface area (Å²) in [5.41, 5.74) is 1.18.